The van der Waals surface area contributed by atoms with Crippen LogP contribution < -0.4 is 14.2 Å². The van der Waals surface area contributed by atoms with E-state index in [2.05, 4.69) is 4.72 Å². The van der Waals surface area contributed by atoms with E-state index < -0.39 is 16.0 Å². The zero-order chi connectivity index (χ0) is 26.3. The van der Waals surface area contributed by atoms with E-state index in [1.165, 1.54) is 26.4 Å². The fourth-order valence-electron chi connectivity index (χ4n) is 3.87. The van der Waals surface area contributed by atoms with Gasteiger partial charge in [0.15, 0.2) is 0 Å². The third-order valence-electron chi connectivity index (χ3n) is 5.71. The van der Waals surface area contributed by atoms with Gasteiger partial charge in [0.05, 0.1) is 24.7 Å². The molecule has 0 heterocycles. The Morgan fingerprint density at radius 2 is 1.46 bits per heavy atom. The lowest BCUT2D eigenvalue weighted by molar-refractivity contribution is 0.0473. The van der Waals surface area contributed by atoms with Crippen LogP contribution in [0.25, 0.3) is 0 Å². The Kier molecular flexibility index (Phi) is 8.10. The molecule has 0 saturated carbocycles. The first-order valence-corrected chi connectivity index (χ1v) is 13.0. The van der Waals surface area contributed by atoms with Crippen LogP contribution >= 0.6 is 0 Å². The first-order chi connectivity index (χ1) is 17.9. The highest BCUT2D eigenvalue weighted by Crippen LogP contribution is 2.33. The van der Waals surface area contributed by atoms with Crippen LogP contribution in [0.3, 0.4) is 0 Å². The third kappa shape index (κ3) is 6.29. The number of sulfonamides is 1. The van der Waals surface area contributed by atoms with E-state index in [0.717, 1.165) is 11.1 Å². The normalized spacial score (nSPS) is 11.0. The van der Waals surface area contributed by atoms with Crippen molar-refractivity contribution < 1.29 is 27.4 Å². The van der Waals surface area contributed by atoms with Crippen LogP contribution in [0.2, 0.25) is 0 Å². The van der Waals surface area contributed by atoms with E-state index in [4.69, 9.17) is 14.2 Å². The molecule has 0 aliphatic rings. The van der Waals surface area contributed by atoms with Gasteiger partial charge in [0.1, 0.15) is 23.8 Å². The molecule has 0 amide bonds. The number of ether oxygens (including phenoxy) is 3. The van der Waals surface area contributed by atoms with Crippen molar-refractivity contribution in [1.82, 2.24) is 0 Å². The van der Waals surface area contributed by atoms with Gasteiger partial charge in [-0.1, -0.05) is 66.7 Å². The van der Waals surface area contributed by atoms with Gasteiger partial charge in [-0.25, -0.2) is 13.2 Å². The van der Waals surface area contributed by atoms with Crippen molar-refractivity contribution in [2.24, 2.45) is 0 Å². The zero-order valence-corrected chi connectivity index (χ0v) is 21.3. The molecule has 0 spiro atoms. The van der Waals surface area contributed by atoms with E-state index >= 15 is 0 Å². The molecule has 0 fully saturated rings. The number of hydrogen-bond donors (Lipinski definition) is 1. The molecule has 4 aromatic carbocycles. The molecule has 0 unspecified atom stereocenters. The molecule has 4 aromatic rings. The van der Waals surface area contributed by atoms with E-state index in [1.807, 2.05) is 60.7 Å². The molecular weight excluding hydrogens is 490 g/mol. The van der Waals surface area contributed by atoms with Crippen LogP contribution in [0.5, 0.6) is 11.5 Å². The Labute approximate surface area is 216 Å². The fraction of sp³-hybridized carbons (Fsp3) is 0.138. The monoisotopic (exact) mass is 517 g/mol. The lowest BCUT2D eigenvalue weighted by Crippen LogP contribution is -2.19. The predicted octanol–water partition coefficient (Wildman–Crippen LogP) is 5.45. The highest BCUT2D eigenvalue weighted by Gasteiger charge is 2.25. The summed E-state index contributed by atoms with van der Waals surface area (Å²) in [4.78, 5) is 13.1. The topological polar surface area (TPSA) is 90.9 Å². The van der Waals surface area contributed by atoms with Crippen molar-refractivity contribution >= 4 is 21.7 Å². The van der Waals surface area contributed by atoms with Crippen molar-refractivity contribution in [2.45, 2.75) is 17.9 Å². The second-order valence-electron chi connectivity index (χ2n) is 8.19. The smallest absolute Gasteiger partial charge is 0.340 e. The minimum absolute atomic E-state index is 0.00420. The van der Waals surface area contributed by atoms with Gasteiger partial charge in [-0.3, -0.25) is 4.72 Å². The SMILES string of the molecule is COc1ccc(S(=O)(=O)Nc2c(OC)cccc2C(=O)OCc2ccccc2)c(Cc2ccccc2)c1. The maximum absolute atomic E-state index is 13.7. The number of methoxy groups -OCH3 is 2. The third-order valence-corrected chi connectivity index (χ3v) is 7.16. The van der Waals surface area contributed by atoms with Crippen LogP contribution in [0.1, 0.15) is 27.0 Å². The van der Waals surface area contributed by atoms with Crippen molar-refractivity contribution in [3.05, 3.63) is 119 Å². The Morgan fingerprint density at radius 1 is 0.784 bits per heavy atom. The van der Waals surface area contributed by atoms with Gasteiger partial charge in [0, 0.05) is 0 Å². The fourth-order valence-corrected chi connectivity index (χ4v) is 5.18. The van der Waals surface area contributed by atoms with Crippen LogP contribution in [-0.4, -0.2) is 28.6 Å². The van der Waals surface area contributed by atoms with Gasteiger partial charge < -0.3 is 14.2 Å². The molecule has 8 heteroatoms. The quantitative estimate of drug-likeness (QED) is 0.281. The molecular formula is C29H27NO6S. The summed E-state index contributed by atoms with van der Waals surface area (Å²) in [6, 6.07) is 28.2. The highest BCUT2D eigenvalue weighted by atomic mass is 32.2. The molecule has 7 nitrogen and oxygen atoms in total. The Morgan fingerprint density at radius 3 is 2.11 bits per heavy atom. The average molecular weight is 518 g/mol. The van der Waals surface area contributed by atoms with Gasteiger partial charge in [0.25, 0.3) is 10.0 Å². The summed E-state index contributed by atoms with van der Waals surface area (Å²) in [6.07, 6.45) is 0.367. The van der Waals surface area contributed by atoms with E-state index in [9.17, 15) is 13.2 Å². The number of rotatable bonds is 10. The van der Waals surface area contributed by atoms with Crippen molar-refractivity contribution in [1.29, 1.82) is 0 Å². The molecule has 1 N–H and O–H groups in total. The highest BCUT2D eigenvalue weighted by molar-refractivity contribution is 7.92. The van der Waals surface area contributed by atoms with Crippen LogP contribution in [0.15, 0.2) is 102 Å². The summed E-state index contributed by atoms with van der Waals surface area (Å²) in [6.45, 7) is 0.0444. The Bertz CT molecular complexity index is 1470. The summed E-state index contributed by atoms with van der Waals surface area (Å²) in [5, 5.41) is 0. The largest absolute Gasteiger partial charge is 0.497 e. The summed E-state index contributed by atoms with van der Waals surface area (Å²) < 4.78 is 46.1. The Balaban J connectivity index is 1.68. The van der Waals surface area contributed by atoms with Crippen molar-refractivity contribution in [2.75, 3.05) is 18.9 Å². The number of esters is 1. The summed E-state index contributed by atoms with van der Waals surface area (Å²) >= 11 is 0. The number of carbonyl (C=O) groups excluding carboxylic acids is 1. The molecule has 0 aromatic heterocycles. The molecule has 0 aliphatic carbocycles. The van der Waals surface area contributed by atoms with Crippen molar-refractivity contribution in [3.8, 4) is 11.5 Å². The van der Waals surface area contributed by atoms with Crippen molar-refractivity contribution in [3.63, 3.8) is 0 Å². The number of benzene rings is 4. The summed E-state index contributed by atoms with van der Waals surface area (Å²) in [5.74, 6) is 0.0444. The Hall–Kier alpha value is -4.30. The van der Waals surface area contributed by atoms with E-state index in [1.54, 1.807) is 24.3 Å². The molecule has 37 heavy (non-hydrogen) atoms. The van der Waals surface area contributed by atoms with Gasteiger partial charge in [-0.15, -0.1) is 0 Å². The lowest BCUT2D eigenvalue weighted by atomic mass is 10.0. The number of para-hydroxylation sites is 1. The molecule has 0 saturated heterocycles. The number of anilines is 1. The van der Waals surface area contributed by atoms with Gasteiger partial charge in [-0.05, 0) is 53.4 Å². The minimum atomic E-state index is -4.14. The second-order valence-corrected chi connectivity index (χ2v) is 9.84. The van der Waals surface area contributed by atoms with Gasteiger partial charge >= 0.3 is 5.97 Å². The first kappa shape index (κ1) is 25.8. The van der Waals surface area contributed by atoms with Gasteiger partial charge in [-0.2, -0.15) is 0 Å². The van der Waals surface area contributed by atoms with E-state index in [0.29, 0.717) is 17.7 Å². The second kappa shape index (κ2) is 11.6. The van der Waals surface area contributed by atoms with Gasteiger partial charge in [0.2, 0.25) is 0 Å². The summed E-state index contributed by atoms with van der Waals surface area (Å²) in [7, 11) is -1.21. The molecule has 190 valence electrons. The molecule has 0 atom stereocenters. The maximum Gasteiger partial charge on any atom is 0.340 e. The molecule has 0 aliphatic heterocycles. The average Bonchev–Trinajstić information content (AvgIpc) is 2.92. The summed E-state index contributed by atoms with van der Waals surface area (Å²) in [5.41, 5.74) is 2.34. The van der Waals surface area contributed by atoms with E-state index in [-0.39, 0.29) is 28.5 Å². The number of nitrogens with one attached hydrogen (secondary N) is 1. The standard InChI is InChI=1S/C29H27NO6S/c1-34-24-16-17-27(23(19-24)18-21-10-5-3-6-11-21)37(32,33)30-28-25(14-9-15-26(28)35-2)29(31)36-20-22-12-7-4-8-13-22/h3-17,19,30H,18,20H2,1-2H3. The first-order valence-electron chi connectivity index (χ1n) is 11.5. The number of hydrogen-bond acceptors (Lipinski definition) is 6. The zero-order valence-electron chi connectivity index (χ0n) is 20.5. The molecule has 0 radical (unpaired) electrons. The minimum Gasteiger partial charge on any atom is -0.497 e. The maximum atomic E-state index is 13.7. The van der Waals surface area contributed by atoms with Crippen LogP contribution in [0, 0.1) is 0 Å². The van der Waals surface area contributed by atoms with Crippen LogP contribution in [-0.2, 0) is 27.8 Å². The molecule has 4 rings (SSSR count). The number of carbonyl (C=O) groups is 1. The predicted molar refractivity (Wildman–Crippen MR) is 142 cm³/mol. The molecule has 0 bridgehead atoms. The van der Waals surface area contributed by atoms with Crippen LogP contribution in [0.4, 0.5) is 5.69 Å². The lowest BCUT2D eigenvalue weighted by Gasteiger charge is -2.18.